The first-order valence-electron chi connectivity index (χ1n) is 8.82. The van der Waals surface area contributed by atoms with Crippen LogP contribution in [0.5, 0.6) is 0 Å². The highest BCUT2D eigenvalue weighted by Crippen LogP contribution is 2.30. The molecule has 1 N–H and O–H groups in total. The molecule has 0 radical (unpaired) electrons. The van der Waals surface area contributed by atoms with E-state index in [1.54, 1.807) is 0 Å². The zero-order chi connectivity index (χ0) is 14.9. The Bertz CT molecular complexity index is 381. The first-order valence-corrected chi connectivity index (χ1v) is 8.82. The van der Waals surface area contributed by atoms with E-state index in [2.05, 4.69) is 48.3 Å². The van der Waals surface area contributed by atoms with E-state index in [4.69, 9.17) is 0 Å². The van der Waals surface area contributed by atoms with E-state index in [0.717, 1.165) is 32.0 Å². The maximum absolute atomic E-state index is 3.47. The summed E-state index contributed by atoms with van der Waals surface area (Å²) in [6.07, 6.45) is 6.51. The van der Waals surface area contributed by atoms with Gasteiger partial charge in [-0.05, 0) is 68.8 Å². The van der Waals surface area contributed by atoms with Crippen LogP contribution >= 0.6 is 0 Å². The summed E-state index contributed by atoms with van der Waals surface area (Å²) >= 11 is 0. The molecule has 21 heavy (non-hydrogen) atoms. The van der Waals surface area contributed by atoms with Crippen LogP contribution in [-0.4, -0.2) is 31.1 Å². The Morgan fingerprint density at radius 2 is 1.71 bits per heavy atom. The van der Waals surface area contributed by atoms with Crippen molar-refractivity contribution in [2.75, 3.05) is 26.2 Å². The lowest BCUT2D eigenvalue weighted by molar-refractivity contribution is 0.255. The Hall–Kier alpha value is -0.860. The highest BCUT2D eigenvalue weighted by Gasteiger charge is 2.23. The fourth-order valence-electron chi connectivity index (χ4n) is 2.82. The van der Waals surface area contributed by atoms with Gasteiger partial charge in [-0.15, -0.1) is 0 Å². The molecule has 0 aromatic heterocycles. The van der Waals surface area contributed by atoms with Crippen molar-refractivity contribution in [3.05, 3.63) is 35.4 Å². The smallest absolute Gasteiger partial charge is 0.0233 e. The molecule has 1 fully saturated rings. The lowest BCUT2D eigenvalue weighted by Gasteiger charge is -2.21. The van der Waals surface area contributed by atoms with Gasteiger partial charge in [-0.2, -0.15) is 0 Å². The van der Waals surface area contributed by atoms with Crippen molar-refractivity contribution in [1.82, 2.24) is 10.2 Å². The maximum atomic E-state index is 3.47. The Balaban J connectivity index is 1.76. The largest absolute Gasteiger partial charge is 0.316 e. The summed E-state index contributed by atoms with van der Waals surface area (Å²) in [5.41, 5.74) is 2.92. The number of hydrogen-bond acceptors (Lipinski definition) is 2. The molecular formula is C19H32N2. The van der Waals surface area contributed by atoms with Gasteiger partial charge in [0.25, 0.3) is 0 Å². The second kappa shape index (κ2) is 9.22. The second-order valence-corrected chi connectivity index (χ2v) is 6.49. The molecule has 1 aromatic carbocycles. The average Bonchev–Trinajstić information content (AvgIpc) is 3.29. The van der Waals surface area contributed by atoms with Crippen LogP contribution in [-0.2, 0) is 13.0 Å². The van der Waals surface area contributed by atoms with Gasteiger partial charge >= 0.3 is 0 Å². The first-order chi connectivity index (χ1) is 10.3. The van der Waals surface area contributed by atoms with Gasteiger partial charge in [0.05, 0.1) is 0 Å². The average molecular weight is 288 g/mol. The van der Waals surface area contributed by atoms with Gasteiger partial charge in [0.2, 0.25) is 0 Å². The van der Waals surface area contributed by atoms with Crippen LogP contribution in [0.15, 0.2) is 24.3 Å². The minimum Gasteiger partial charge on any atom is -0.316 e. The van der Waals surface area contributed by atoms with Crippen LogP contribution in [0.4, 0.5) is 0 Å². The number of nitrogens with one attached hydrogen (secondary N) is 1. The van der Waals surface area contributed by atoms with E-state index in [1.165, 1.54) is 49.9 Å². The van der Waals surface area contributed by atoms with Gasteiger partial charge < -0.3 is 5.32 Å². The van der Waals surface area contributed by atoms with Crippen molar-refractivity contribution in [3.63, 3.8) is 0 Å². The van der Waals surface area contributed by atoms with Crippen molar-refractivity contribution in [3.8, 4) is 0 Å². The van der Waals surface area contributed by atoms with Crippen LogP contribution in [0.25, 0.3) is 0 Å². The van der Waals surface area contributed by atoms with E-state index < -0.39 is 0 Å². The normalized spacial score (nSPS) is 14.8. The fraction of sp³-hybridized carbons (Fsp3) is 0.684. The highest BCUT2D eigenvalue weighted by atomic mass is 15.1. The van der Waals surface area contributed by atoms with E-state index in [9.17, 15) is 0 Å². The summed E-state index contributed by atoms with van der Waals surface area (Å²) < 4.78 is 0. The first kappa shape index (κ1) is 16.5. The third-order valence-electron chi connectivity index (χ3n) is 4.20. The van der Waals surface area contributed by atoms with Gasteiger partial charge in [0.15, 0.2) is 0 Å². The van der Waals surface area contributed by atoms with Crippen LogP contribution in [0, 0.1) is 5.92 Å². The molecule has 0 heterocycles. The Morgan fingerprint density at radius 3 is 2.33 bits per heavy atom. The third-order valence-corrected chi connectivity index (χ3v) is 4.20. The van der Waals surface area contributed by atoms with Crippen LogP contribution < -0.4 is 5.32 Å². The summed E-state index contributed by atoms with van der Waals surface area (Å²) in [5, 5.41) is 3.47. The highest BCUT2D eigenvalue weighted by molar-refractivity contribution is 5.22. The molecule has 0 unspecified atom stereocenters. The van der Waals surface area contributed by atoms with Gasteiger partial charge in [0, 0.05) is 13.1 Å². The molecule has 2 rings (SSSR count). The lowest BCUT2D eigenvalue weighted by atomic mass is 10.1. The molecule has 1 aliphatic rings. The topological polar surface area (TPSA) is 15.3 Å². The molecule has 0 aliphatic heterocycles. The Kier molecular flexibility index (Phi) is 7.25. The third kappa shape index (κ3) is 6.62. The quantitative estimate of drug-likeness (QED) is 0.622. The SMILES string of the molecule is CCCNCCc1ccc(CN(CCC)CC2CC2)cc1. The summed E-state index contributed by atoms with van der Waals surface area (Å²) in [6, 6.07) is 9.27. The van der Waals surface area contributed by atoms with Gasteiger partial charge in [-0.1, -0.05) is 38.1 Å². The van der Waals surface area contributed by atoms with Crippen molar-refractivity contribution in [2.24, 2.45) is 5.92 Å². The molecule has 2 heteroatoms. The van der Waals surface area contributed by atoms with Crippen LogP contribution in [0.2, 0.25) is 0 Å². The van der Waals surface area contributed by atoms with E-state index >= 15 is 0 Å². The Morgan fingerprint density at radius 1 is 1.00 bits per heavy atom. The van der Waals surface area contributed by atoms with Crippen molar-refractivity contribution >= 4 is 0 Å². The number of rotatable bonds is 11. The molecule has 0 atom stereocenters. The minimum absolute atomic E-state index is 0.987. The van der Waals surface area contributed by atoms with E-state index in [1.807, 2.05) is 0 Å². The lowest BCUT2D eigenvalue weighted by Crippen LogP contribution is -2.26. The molecule has 0 amide bonds. The zero-order valence-corrected chi connectivity index (χ0v) is 13.9. The van der Waals surface area contributed by atoms with Gasteiger partial charge in [0.1, 0.15) is 0 Å². The minimum atomic E-state index is 0.987. The zero-order valence-electron chi connectivity index (χ0n) is 13.9. The predicted octanol–water partition coefficient (Wildman–Crippen LogP) is 3.85. The second-order valence-electron chi connectivity index (χ2n) is 6.49. The molecular weight excluding hydrogens is 256 g/mol. The van der Waals surface area contributed by atoms with E-state index in [-0.39, 0.29) is 0 Å². The van der Waals surface area contributed by atoms with E-state index in [0.29, 0.717) is 0 Å². The van der Waals surface area contributed by atoms with Gasteiger partial charge in [-0.3, -0.25) is 4.90 Å². The molecule has 0 saturated heterocycles. The molecule has 1 aromatic rings. The van der Waals surface area contributed by atoms with Crippen LogP contribution in [0.1, 0.15) is 50.7 Å². The maximum Gasteiger partial charge on any atom is 0.0233 e. The van der Waals surface area contributed by atoms with Crippen molar-refractivity contribution < 1.29 is 0 Å². The standard InChI is InChI=1S/C19H32N2/c1-3-12-20-13-11-17-5-7-18(8-6-17)15-21(14-4-2)16-19-9-10-19/h5-8,19-20H,3-4,9-16H2,1-2H3. The van der Waals surface area contributed by atoms with Crippen molar-refractivity contribution in [1.29, 1.82) is 0 Å². The summed E-state index contributed by atoms with van der Waals surface area (Å²) in [7, 11) is 0. The predicted molar refractivity (Wildman–Crippen MR) is 91.6 cm³/mol. The molecule has 0 spiro atoms. The number of hydrogen-bond donors (Lipinski definition) is 1. The number of benzene rings is 1. The van der Waals surface area contributed by atoms with Crippen LogP contribution in [0.3, 0.4) is 0 Å². The molecule has 2 nitrogen and oxygen atoms in total. The Labute approximate surface area is 130 Å². The molecule has 118 valence electrons. The fourth-order valence-corrected chi connectivity index (χ4v) is 2.82. The molecule has 1 saturated carbocycles. The number of nitrogens with zero attached hydrogens (tertiary/aromatic N) is 1. The molecule has 1 aliphatic carbocycles. The van der Waals surface area contributed by atoms with Crippen molar-refractivity contribution in [2.45, 2.75) is 52.5 Å². The summed E-state index contributed by atoms with van der Waals surface area (Å²) in [4.78, 5) is 2.63. The van der Waals surface area contributed by atoms with Gasteiger partial charge in [-0.25, -0.2) is 0 Å². The summed E-state index contributed by atoms with van der Waals surface area (Å²) in [5.74, 6) is 0.987. The monoisotopic (exact) mass is 288 g/mol. The molecule has 0 bridgehead atoms. The summed E-state index contributed by atoms with van der Waals surface area (Å²) in [6.45, 7) is 10.4.